The van der Waals surface area contributed by atoms with Crippen LogP contribution in [-0.4, -0.2) is 43.6 Å². The fourth-order valence-electron chi connectivity index (χ4n) is 3.21. The second kappa shape index (κ2) is 7.34. The molecule has 3 rings (SSSR count). The third kappa shape index (κ3) is 3.08. The number of fused-ring (bicyclic) bond motifs is 1. The number of hydrogen-bond donors (Lipinski definition) is 0. The third-order valence-corrected chi connectivity index (χ3v) is 5.09. The molecule has 3 aromatic rings. The number of aryl methyl sites for hydroxylation is 1. The van der Waals surface area contributed by atoms with Gasteiger partial charge in [0.1, 0.15) is 12.3 Å². The quantitative estimate of drug-likeness (QED) is 0.644. The lowest BCUT2D eigenvalue weighted by Crippen LogP contribution is -2.38. The highest BCUT2D eigenvalue weighted by Crippen LogP contribution is 2.28. The molecule has 2 aromatic heterocycles. The fourth-order valence-corrected chi connectivity index (χ4v) is 3.21. The summed E-state index contributed by atoms with van der Waals surface area (Å²) in [7, 11) is 6.23. The van der Waals surface area contributed by atoms with Gasteiger partial charge in [0, 0.05) is 26.7 Å². The van der Waals surface area contributed by atoms with Crippen molar-refractivity contribution in [2.24, 2.45) is 14.1 Å². The lowest BCUT2D eigenvalue weighted by molar-refractivity contribution is -0.132. The van der Waals surface area contributed by atoms with E-state index >= 15 is 0 Å². The lowest BCUT2D eigenvalue weighted by atomic mass is 10.1. The zero-order chi connectivity index (χ0) is 20.6. The maximum atomic E-state index is 12.9. The highest BCUT2D eigenvalue weighted by Gasteiger charge is 2.22. The van der Waals surface area contributed by atoms with Crippen molar-refractivity contribution in [2.45, 2.75) is 19.5 Å². The smallest absolute Gasteiger partial charge is 0.332 e. The average molecular weight is 385 g/mol. The maximum Gasteiger partial charge on any atom is 0.332 e. The van der Waals surface area contributed by atoms with Crippen LogP contribution in [0.2, 0.25) is 0 Å². The van der Waals surface area contributed by atoms with Crippen molar-refractivity contribution in [2.75, 3.05) is 14.2 Å². The standard InChI is InChI=1S/C19H23N5O4/c1-12(13-8-6-7-9-14(13)28-5)21(2)15(25)10-24-11-20-17-16(24)18(26)23(4)19(27)22(17)3/h6-9,11-12H,10H2,1-5H3. The van der Waals surface area contributed by atoms with Crippen molar-refractivity contribution in [3.63, 3.8) is 0 Å². The molecule has 0 saturated carbocycles. The fraction of sp³-hybridized carbons (Fsp3) is 0.368. The molecule has 1 amide bonds. The van der Waals surface area contributed by atoms with Gasteiger partial charge in [0.25, 0.3) is 5.56 Å². The van der Waals surface area contributed by atoms with E-state index in [1.165, 1.54) is 22.5 Å². The molecule has 28 heavy (non-hydrogen) atoms. The Morgan fingerprint density at radius 2 is 1.89 bits per heavy atom. The highest BCUT2D eigenvalue weighted by molar-refractivity contribution is 5.79. The van der Waals surface area contributed by atoms with E-state index in [-0.39, 0.29) is 29.7 Å². The largest absolute Gasteiger partial charge is 0.496 e. The molecule has 148 valence electrons. The summed E-state index contributed by atoms with van der Waals surface area (Å²) in [6.45, 7) is 1.84. The Bertz CT molecular complexity index is 1160. The minimum absolute atomic E-state index is 0.0695. The van der Waals surface area contributed by atoms with E-state index < -0.39 is 11.2 Å². The van der Waals surface area contributed by atoms with Gasteiger partial charge in [-0.3, -0.25) is 18.7 Å². The average Bonchev–Trinajstić information content (AvgIpc) is 3.13. The number of imidazole rings is 1. The summed E-state index contributed by atoms with van der Waals surface area (Å²) in [5.74, 6) is 0.500. The number of ether oxygens (including phenoxy) is 1. The first kappa shape index (κ1) is 19.4. The molecule has 0 spiro atoms. The molecule has 0 aliphatic carbocycles. The van der Waals surface area contributed by atoms with E-state index in [1.54, 1.807) is 26.1 Å². The van der Waals surface area contributed by atoms with Gasteiger partial charge in [-0.05, 0) is 13.0 Å². The van der Waals surface area contributed by atoms with Gasteiger partial charge in [0.2, 0.25) is 5.91 Å². The molecule has 0 N–H and O–H groups in total. The Morgan fingerprint density at radius 3 is 2.57 bits per heavy atom. The SMILES string of the molecule is COc1ccccc1C(C)N(C)C(=O)Cn1cnc2c1c(=O)n(C)c(=O)n2C. The molecule has 9 heteroatoms. The normalized spacial score (nSPS) is 12.2. The summed E-state index contributed by atoms with van der Waals surface area (Å²) < 4.78 is 9.16. The molecule has 1 atom stereocenters. The minimum atomic E-state index is -0.483. The number of methoxy groups -OCH3 is 1. The molecular weight excluding hydrogens is 362 g/mol. The summed E-state index contributed by atoms with van der Waals surface area (Å²) in [5, 5.41) is 0. The van der Waals surface area contributed by atoms with Crippen LogP contribution in [0.3, 0.4) is 0 Å². The number of para-hydroxylation sites is 1. The maximum absolute atomic E-state index is 12.9. The monoisotopic (exact) mass is 385 g/mol. The number of carbonyl (C=O) groups excluding carboxylic acids is 1. The number of rotatable bonds is 5. The third-order valence-electron chi connectivity index (χ3n) is 5.09. The summed E-state index contributed by atoms with van der Waals surface area (Å²) in [6.07, 6.45) is 1.41. The number of benzene rings is 1. The van der Waals surface area contributed by atoms with Crippen LogP contribution in [0.25, 0.3) is 11.2 Å². The van der Waals surface area contributed by atoms with E-state index in [0.29, 0.717) is 5.75 Å². The van der Waals surface area contributed by atoms with Crippen molar-refractivity contribution in [3.05, 3.63) is 57.0 Å². The van der Waals surface area contributed by atoms with Crippen LogP contribution in [0.1, 0.15) is 18.5 Å². The molecule has 9 nitrogen and oxygen atoms in total. The summed E-state index contributed by atoms with van der Waals surface area (Å²) in [6, 6.07) is 7.28. The van der Waals surface area contributed by atoms with Gasteiger partial charge in [-0.1, -0.05) is 18.2 Å². The van der Waals surface area contributed by atoms with Crippen LogP contribution in [0.15, 0.2) is 40.2 Å². The number of nitrogens with zero attached hydrogens (tertiary/aromatic N) is 5. The van der Waals surface area contributed by atoms with Crippen LogP contribution >= 0.6 is 0 Å². The van der Waals surface area contributed by atoms with Crippen molar-refractivity contribution >= 4 is 17.1 Å². The summed E-state index contributed by atoms with van der Waals surface area (Å²) in [5.41, 5.74) is 0.409. The summed E-state index contributed by atoms with van der Waals surface area (Å²) in [4.78, 5) is 43.2. The van der Waals surface area contributed by atoms with Gasteiger partial charge in [0.15, 0.2) is 11.2 Å². The second-order valence-corrected chi connectivity index (χ2v) is 6.67. The van der Waals surface area contributed by atoms with Gasteiger partial charge in [-0.2, -0.15) is 0 Å². The zero-order valence-electron chi connectivity index (χ0n) is 16.5. The van der Waals surface area contributed by atoms with Crippen LogP contribution in [0.4, 0.5) is 0 Å². The molecule has 0 saturated heterocycles. The first-order valence-electron chi connectivity index (χ1n) is 8.77. The first-order chi connectivity index (χ1) is 13.3. The van der Waals surface area contributed by atoms with Crippen molar-refractivity contribution in [3.8, 4) is 5.75 Å². The molecule has 0 aliphatic heterocycles. The van der Waals surface area contributed by atoms with Crippen molar-refractivity contribution in [1.29, 1.82) is 0 Å². The van der Waals surface area contributed by atoms with Gasteiger partial charge in [0.05, 0.1) is 19.5 Å². The highest BCUT2D eigenvalue weighted by atomic mass is 16.5. The van der Waals surface area contributed by atoms with Crippen molar-refractivity contribution in [1.82, 2.24) is 23.6 Å². The number of aromatic nitrogens is 4. The molecule has 0 fully saturated rings. The minimum Gasteiger partial charge on any atom is -0.496 e. The predicted octanol–water partition coefficient (Wildman–Crippen LogP) is 0.662. The Morgan fingerprint density at radius 1 is 1.21 bits per heavy atom. The van der Waals surface area contributed by atoms with Crippen LogP contribution in [0, 0.1) is 0 Å². The van der Waals surface area contributed by atoms with Crippen LogP contribution in [-0.2, 0) is 25.4 Å². The molecule has 0 bridgehead atoms. The van der Waals surface area contributed by atoms with E-state index in [9.17, 15) is 14.4 Å². The molecule has 2 heterocycles. The van der Waals surface area contributed by atoms with E-state index in [1.807, 2.05) is 31.2 Å². The Kier molecular flexibility index (Phi) is 5.08. The predicted molar refractivity (Wildman–Crippen MR) is 104 cm³/mol. The van der Waals surface area contributed by atoms with Gasteiger partial charge in [-0.15, -0.1) is 0 Å². The number of hydrogen-bond acceptors (Lipinski definition) is 5. The first-order valence-corrected chi connectivity index (χ1v) is 8.77. The lowest BCUT2D eigenvalue weighted by Gasteiger charge is -2.26. The number of amides is 1. The number of carbonyl (C=O) groups is 1. The van der Waals surface area contributed by atoms with Crippen LogP contribution in [0.5, 0.6) is 5.75 Å². The van der Waals surface area contributed by atoms with Gasteiger partial charge >= 0.3 is 5.69 Å². The molecule has 1 unspecified atom stereocenters. The van der Waals surface area contributed by atoms with Gasteiger partial charge in [-0.25, -0.2) is 9.78 Å². The van der Waals surface area contributed by atoms with E-state index in [2.05, 4.69) is 4.98 Å². The Hall–Kier alpha value is -3.36. The Balaban J connectivity index is 1.93. The Labute approximate surface area is 161 Å². The molecule has 0 aliphatic rings. The summed E-state index contributed by atoms with van der Waals surface area (Å²) >= 11 is 0. The second-order valence-electron chi connectivity index (χ2n) is 6.67. The van der Waals surface area contributed by atoms with E-state index in [4.69, 9.17) is 4.74 Å². The van der Waals surface area contributed by atoms with Gasteiger partial charge < -0.3 is 14.2 Å². The topological polar surface area (TPSA) is 91.4 Å². The van der Waals surface area contributed by atoms with Crippen LogP contribution < -0.4 is 16.0 Å². The zero-order valence-corrected chi connectivity index (χ0v) is 16.5. The number of likely N-dealkylation sites (N-methyl/N-ethyl adjacent to an activating group) is 1. The van der Waals surface area contributed by atoms with Crippen molar-refractivity contribution < 1.29 is 9.53 Å². The molecule has 0 radical (unpaired) electrons. The van der Waals surface area contributed by atoms with E-state index in [0.717, 1.165) is 10.1 Å². The molecule has 1 aromatic carbocycles. The molecular formula is C19H23N5O4.